The molecule has 8 nitrogen and oxygen atoms in total. The van der Waals surface area contributed by atoms with Crippen LogP contribution in [0.1, 0.15) is 12.5 Å². The van der Waals surface area contributed by atoms with Gasteiger partial charge in [-0.1, -0.05) is 0 Å². The fraction of sp³-hybridized carbons (Fsp3) is 0.148. The Balaban J connectivity index is 1.74. The van der Waals surface area contributed by atoms with Gasteiger partial charge < -0.3 is 10.2 Å². The first-order chi connectivity index (χ1) is 17.8. The van der Waals surface area contributed by atoms with Crippen molar-refractivity contribution in [2.75, 3.05) is 24.3 Å². The summed E-state index contributed by atoms with van der Waals surface area (Å²) in [6.07, 6.45) is 4.54. The molecule has 2 aromatic carbocycles. The summed E-state index contributed by atoms with van der Waals surface area (Å²) >= 11 is 0. The van der Waals surface area contributed by atoms with Crippen LogP contribution >= 0.6 is 0 Å². The number of anilines is 3. The van der Waals surface area contributed by atoms with E-state index in [2.05, 4.69) is 20.3 Å². The van der Waals surface area contributed by atoms with Gasteiger partial charge in [-0.3, -0.25) is 24.1 Å². The van der Waals surface area contributed by atoms with Crippen LogP contribution in [0, 0.1) is 11.6 Å². The van der Waals surface area contributed by atoms with E-state index >= 15 is 0 Å². The first-order valence-corrected chi connectivity index (χ1v) is 11.3. The quantitative estimate of drug-likeness (QED) is 0.378. The van der Waals surface area contributed by atoms with Crippen LogP contribution in [0.4, 0.5) is 25.8 Å². The Bertz CT molecular complexity index is 1520. The van der Waals surface area contributed by atoms with Gasteiger partial charge in [-0.2, -0.15) is 0 Å². The molecule has 0 atom stereocenters. The third-order valence-corrected chi connectivity index (χ3v) is 5.78. The van der Waals surface area contributed by atoms with Crippen LogP contribution in [0.25, 0.3) is 11.4 Å². The molecule has 1 N–H and O–H groups in total. The molecule has 0 bridgehead atoms. The molecule has 1 amide bonds. The molecule has 4 rings (SSSR count). The van der Waals surface area contributed by atoms with Crippen LogP contribution in [0.2, 0.25) is 0 Å². The van der Waals surface area contributed by atoms with E-state index in [9.17, 15) is 18.4 Å². The fourth-order valence-corrected chi connectivity index (χ4v) is 3.61. The zero-order chi connectivity index (χ0) is 26.5. The van der Waals surface area contributed by atoms with Gasteiger partial charge in [0.1, 0.15) is 23.1 Å². The normalized spacial score (nSPS) is 11.3. The van der Waals surface area contributed by atoms with Gasteiger partial charge in [0.05, 0.1) is 30.3 Å². The number of rotatable bonds is 7. The third kappa shape index (κ3) is 5.75. The van der Waals surface area contributed by atoms with Gasteiger partial charge in [-0.25, -0.2) is 13.8 Å². The van der Waals surface area contributed by atoms with E-state index in [0.717, 1.165) is 5.69 Å². The smallest absolute Gasteiger partial charge is 0.277 e. The van der Waals surface area contributed by atoms with Crippen LogP contribution in [-0.2, 0) is 11.3 Å². The van der Waals surface area contributed by atoms with Gasteiger partial charge in [0, 0.05) is 31.5 Å². The third-order valence-electron chi connectivity index (χ3n) is 5.78. The number of aromatic nitrogens is 3. The number of aliphatic imine (C=N–C) groups is 1. The maximum Gasteiger partial charge on any atom is 0.277 e. The van der Waals surface area contributed by atoms with E-state index in [4.69, 9.17) is 0 Å². The Morgan fingerprint density at radius 1 is 1.00 bits per heavy atom. The van der Waals surface area contributed by atoms with Crippen LogP contribution in [0.3, 0.4) is 0 Å². The monoisotopic (exact) mass is 502 g/mol. The number of nitrogens with zero attached hydrogens (tertiary/aromatic N) is 5. The molecule has 0 aliphatic heterocycles. The molecule has 0 saturated carbocycles. The molecule has 4 aromatic rings. The van der Waals surface area contributed by atoms with Crippen molar-refractivity contribution >= 4 is 28.7 Å². The van der Waals surface area contributed by atoms with E-state index < -0.39 is 17.3 Å². The highest BCUT2D eigenvalue weighted by Crippen LogP contribution is 2.25. The molecule has 0 unspecified atom stereocenters. The highest BCUT2D eigenvalue weighted by molar-refractivity contribution is 6.42. The zero-order valence-electron chi connectivity index (χ0n) is 20.4. The lowest BCUT2D eigenvalue weighted by Gasteiger charge is -2.20. The minimum Gasteiger partial charge on any atom is -0.343 e. The number of hydrogen-bond acceptors (Lipinski definition) is 6. The second-order valence-corrected chi connectivity index (χ2v) is 8.24. The van der Waals surface area contributed by atoms with Gasteiger partial charge >= 0.3 is 0 Å². The molecule has 0 aliphatic carbocycles. The van der Waals surface area contributed by atoms with E-state index in [0.29, 0.717) is 22.6 Å². The first-order valence-electron chi connectivity index (χ1n) is 11.3. The van der Waals surface area contributed by atoms with Crippen LogP contribution in [-0.4, -0.2) is 40.2 Å². The minimum absolute atomic E-state index is 0.0218. The number of pyridine rings is 1. The molecule has 0 saturated heterocycles. The Morgan fingerprint density at radius 3 is 2.30 bits per heavy atom. The second-order valence-electron chi connectivity index (χ2n) is 8.24. The van der Waals surface area contributed by atoms with Crippen molar-refractivity contribution in [1.82, 2.24) is 14.5 Å². The maximum absolute atomic E-state index is 13.5. The average Bonchev–Trinajstić information content (AvgIpc) is 2.91. The number of hydrogen-bond donors (Lipinski definition) is 1. The molecular weight excluding hydrogens is 478 g/mol. The zero-order valence-corrected chi connectivity index (χ0v) is 20.4. The highest BCUT2D eigenvalue weighted by atomic mass is 19.1. The summed E-state index contributed by atoms with van der Waals surface area (Å²) in [6.45, 7) is 1.60. The lowest BCUT2D eigenvalue weighted by atomic mass is 10.2. The number of carbonyl (C=O) groups is 1. The van der Waals surface area contributed by atoms with Gasteiger partial charge in [-0.05, 0) is 67.1 Å². The topological polar surface area (TPSA) is 92.5 Å². The minimum atomic E-state index is -0.521. The van der Waals surface area contributed by atoms with Gasteiger partial charge in [0.15, 0.2) is 0 Å². The van der Waals surface area contributed by atoms with Crippen molar-refractivity contribution in [2.24, 2.45) is 4.99 Å². The largest absolute Gasteiger partial charge is 0.343 e. The molecule has 0 aliphatic rings. The van der Waals surface area contributed by atoms with Crippen molar-refractivity contribution in [1.29, 1.82) is 0 Å². The Morgan fingerprint density at radius 2 is 1.65 bits per heavy atom. The van der Waals surface area contributed by atoms with E-state index in [1.807, 2.05) is 18.0 Å². The molecular formula is C27H24F2N6O2. The fourth-order valence-electron chi connectivity index (χ4n) is 3.61. The molecule has 2 heterocycles. The van der Waals surface area contributed by atoms with Gasteiger partial charge in [-0.15, -0.1) is 0 Å². The first kappa shape index (κ1) is 25.4. The predicted molar refractivity (Wildman–Crippen MR) is 139 cm³/mol. The van der Waals surface area contributed by atoms with Gasteiger partial charge in [0.25, 0.3) is 11.5 Å². The van der Waals surface area contributed by atoms with Crippen LogP contribution in [0.15, 0.2) is 83.0 Å². The molecule has 2 aromatic heterocycles. The summed E-state index contributed by atoms with van der Waals surface area (Å²) in [7, 11) is 3.30. The van der Waals surface area contributed by atoms with Crippen molar-refractivity contribution in [3.63, 3.8) is 0 Å². The standard InChI is InChI=1S/C27H24F2N6O2/c1-17(30-2)26(36)33-24-15-32-25(19-4-6-20(28)7-5-19)35(27(24)37)16-18-12-23(14-31-13-18)34(3)22-10-8-21(29)9-11-22/h4-15H,16H2,1-3H3,(H,33,36). The number of amides is 1. The number of benzene rings is 2. The van der Waals surface area contributed by atoms with Crippen molar-refractivity contribution in [2.45, 2.75) is 13.5 Å². The second kappa shape index (κ2) is 10.9. The van der Waals surface area contributed by atoms with Crippen LogP contribution in [0.5, 0.6) is 0 Å². The van der Waals surface area contributed by atoms with Crippen molar-refractivity contribution in [3.05, 3.63) is 101 Å². The van der Waals surface area contributed by atoms with Crippen molar-refractivity contribution in [3.8, 4) is 11.4 Å². The number of halogens is 2. The Hall–Kier alpha value is -4.73. The van der Waals surface area contributed by atoms with E-state index in [1.165, 1.54) is 61.1 Å². The average molecular weight is 503 g/mol. The summed E-state index contributed by atoms with van der Waals surface area (Å²) in [5, 5.41) is 2.55. The molecule has 0 spiro atoms. The number of carbonyl (C=O) groups excluding carboxylic acids is 1. The molecule has 0 radical (unpaired) electrons. The van der Waals surface area contributed by atoms with Gasteiger partial charge in [0.2, 0.25) is 0 Å². The Labute approximate surface area is 212 Å². The van der Waals surface area contributed by atoms with Crippen molar-refractivity contribution < 1.29 is 13.6 Å². The predicted octanol–water partition coefficient (Wildman–Crippen LogP) is 4.43. The summed E-state index contributed by atoms with van der Waals surface area (Å²) < 4.78 is 28.3. The lowest BCUT2D eigenvalue weighted by molar-refractivity contribution is -0.110. The van der Waals surface area contributed by atoms with E-state index in [-0.39, 0.29) is 23.8 Å². The Kier molecular flexibility index (Phi) is 7.47. The molecule has 188 valence electrons. The lowest BCUT2D eigenvalue weighted by Crippen LogP contribution is -2.30. The molecule has 10 heteroatoms. The SMILES string of the molecule is CN=C(C)C(=O)Nc1cnc(-c2ccc(F)cc2)n(Cc2cncc(N(C)c3ccc(F)cc3)c2)c1=O. The summed E-state index contributed by atoms with van der Waals surface area (Å²) in [5.41, 5.74) is 2.35. The summed E-state index contributed by atoms with van der Waals surface area (Å²) in [4.78, 5) is 40.2. The molecule has 37 heavy (non-hydrogen) atoms. The highest BCUT2D eigenvalue weighted by Gasteiger charge is 2.16. The maximum atomic E-state index is 13.5. The van der Waals surface area contributed by atoms with E-state index in [1.54, 1.807) is 24.5 Å². The van der Waals surface area contributed by atoms with Crippen LogP contribution < -0.4 is 15.8 Å². The molecule has 0 fully saturated rings. The summed E-state index contributed by atoms with van der Waals surface area (Å²) in [6, 6.07) is 13.5. The number of nitrogens with one attached hydrogen (secondary N) is 1. The summed E-state index contributed by atoms with van der Waals surface area (Å²) in [5.74, 6) is -0.985.